The van der Waals surface area contributed by atoms with Crippen LogP contribution in [0, 0.1) is 88.0 Å². The maximum atomic E-state index is 13.5. The molecule has 13 rings (SSSR count). The van der Waals surface area contributed by atoms with E-state index in [0.717, 1.165) is 61.6 Å². The predicted molar refractivity (Wildman–Crippen MR) is 344 cm³/mol. The van der Waals surface area contributed by atoms with E-state index in [2.05, 4.69) is 133 Å². The van der Waals surface area contributed by atoms with E-state index < -0.39 is 23.4 Å². The molecule has 0 unspecified atom stereocenters. The van der Waals surface area contributed by atoms with Crippen LogP contribution >= 0.6 is 0 Å². The molecule has 0 spiro atoms. The summed E-state index contributed by atoms with van der Waals surface area (Å²) in [5.41, 5.74) is 18.2. The van der Waals surface area contributed by atoms with Gasteiger partial charge in [-0.1, -0.05) is 139 Å². The van der Waals surface area contributed by atoms with Crippen LogP contribution in [0.4, 0.5) is 23.2 Å². The molecule has 0 aliphatic heterocycles. The Bertz CT molecular complexity index is 4380. The van der Waals surface area contributed by atoms with Gasteiger partial charge in [-0.2, -0.15) is 4.39 Å². The third kappa shape index (κ3) is 22.9. The minimum Gasteiger partial charge on any atom is -0.305 e. The van der Waals surface area contributed by atoms with Crippen LogP contribution in [0.1, 0.15) is 22.3 Å². The van der Waals surface area contributed by atoms with Crippen molar-refractivity contribution < 1.29 is 118 Å². The van der Waals surface area contributed by atoms with Gasteiger partial charge in [-0.05, 0) is 102 Å². The Morgan fingerprint density at radius 2 is 0.871 bits per heavy atom. The molecule has 0 aliphatic carbocycles. The molecule has 8 aromatic carbocycles. The van der Waals surface area contributed by atoms with E-state index in [9.17, 15) is 17.6 Å². The first kappa shape index (κ1) is 77.4. The standard InChI is InChI=1S/C19H13N2.C18H14N.C17H12N.2C12H8F2N.5Ir/c1-14-6-11-19(21-13-14)17-5-3-4-16(12-17)15-7-9-18(20-2)10-8-15;1-14-10-11-18(19-13-14)17-9-5-8-16(12-17)15-6-3-2-4-7-15;1-2-7-14(8-3-1)15-9-6-10-16(13-15)17-11-4-5-12-18-17;1-8-5-11(14)12(15-7-8)9-3-2-4-10(13)6-9;1-8-6-7-11(14)15-12(8)9-4-2-3-5-10(9)13;;;;;/h3-4,6-13H,1H3;2-8,10-13H,1H3;1-9,11-13H;2-5,7H,1H3;2-3,5-7H,1H3;;;;;/q5*-1;;;;;. The van der Waals surface area contributed by atoms with Gasteiger partial charge in [-0.15, -0.1) is 160 Å². The van der Waals surface area contributed by atoms with Gasteiger partial charge in [-0.3, -0.25) is 9.37 Å². The fraction of sp³-hybridized carbons (Fsp3) is 0.0513. The van der Waals surface area contributed by atoms with E-state index in [-0.39, 0.29) is 112 Å². The average Bonchev–Trinajstić information content (AvgIpc) is 1.18. The smallest absolute Gasteiger partial charge is 0.204 e. The Morgan fingerprint density at radius 1 is 0.366 bits per heavy atom. The Hall–Kier alpha value is -8.03. The summed E-state index contributed by atoms with van der Waals surface area (Å²) in [5.74, 6) is -2.04. The molecular weight excluding hydrogens is 2060 g/mol. The summed E-state index contributed by atoms with van der Waals surface area (Å²) < 4.78 is 52.6. The number of benzene rings is 8. The van der Waals surface area contributed by atoms with Crippen LogP contribution in [0.25, 0.3) is 94.5 Å². The van der Waals surface area contributed by atoms with Gasteiger partial charge in [0, 0.05) is 143 Å². The largest absolute Gasteiger partial charge is 0.305 e. The molecule has 5 heterocycles. The summed E-state index contributed by atoms with van der Waals surface area (Å²) in [6, 6.07) is 88.5. The van der Waals surface area contributed by atoms with Crippen molar-refractivity contribution in [3.8, 4) is 89.7 Å². The third-order valence-electron chi connectivity index (χ3n) is 13.4. The Kier molecular flexibility index (Phi) is 32.9. The Labute approximate surface area is 609 Å². The molecule has 0 N–H and O–H groups in total. The van der Waals surface area contributed by atoms with Gasteiger partial charge < -0.3 is 19.9 Å². The van der Waals surface area contributed by atoms with Crippen molar-refractivity contribution in [2.45, 2.75) is 27.7 Å². The first-order valence-corrected chi connectivity index (χ1v) is 27.9. The van der Waals surface area contributed by atoms with Gasteiger partial charge in [0.2, 0.25) is 5.95 Å². The van der Waals surface area contributed by atoms with Crippen LogP contribution in [0.5, 0.6) is 0 Å². The Balaban J connectivity index is 0.000000246. The quantitative estimate of drug-likeness (QED) is 0.0861. The summed E-state index contributed by atoms with van der Waals surface area (Å²) in [6.45, 7) is 14.6. The molecule has 6 nitrogen and oxygen atoms in total. The molecule has 93 heavy (non-hydrogen) atoms. The first-order chi connectivity index (χ1) is 42.9. The molecule has 0 saturated heterocycles. The minimum absolute atomic E-state index is 0. The number of pyridine rings is 5. The van der Waals surface area contributed by atoms with Crippen LogP contribution in [-0.4, -0.2) is 24.9 Å². The number of nitrogens with zero attached hydrogens (tertiary/aromatic N) is 6. The second-order valence-electron chi connectivity index (χ2n) is 20.0. The minimum atomic E-state index is -0.618. The average molecular weight is 2110 g/mol. The summed E-state index contributed by atoms with van der Waals surface area (Å²) in [7, 11) is 0. The summed E-state index contributed by atoms with van der Waals surface area (Å²) in [4.78, 5) is 24.2. The monoisotopic (exact) mass is 2120 g/mol. The summed E-state index contributed by atoms with van der Waals surface area (Å²) in [6.07, 6.45) is 7.09. The molecule has 13 aromatic rings. The van der Waals surface area contributed by atoms with Gasteiger partial charge in [0.05, 0.1) is 6.57 Å². The topological polar surface area (TPSA) is 68.8 Å². The summed E-state index contributed by atoms with van der Waals surface area (Å²) in [5, 5.41) is 0. The van der Waals surface area contributed by atoms with Gasteiger partial charge >= 0.3 is 0 Å². The molecule has 0 fully saturated rings. The van der Waals surface area contributed by atoms with E-state index in [4.69, 9.17) is 6.57 Å². The van der Waals surface area contributed by atoms with E-state index in [1.54, 1.807) is 38.2 Å². The zero-order valence-electron chi connectivity index (χ0n) is 50.2. The second kappa shape index (κ2) is 39.5. The van der Waals surface area contributed by atoms with Crippen molar-refractivity contribution in [2.24, 2.45) is 0 Å². The van der Waals surface area contributed by atoms with E-state index in [0.29, 0.717) is 16.9 Å². The normalized spacial score (nSPS) is 9.71. The Morgan fingerprint density at radius 3 is 1.33 bits per heavy atom. The zero-order valence-corrected chi connectivity index (χ0v) is 62.2. The van der Waals surface area contributed by atoms with Crippen molar-refractivity contribution >= 4 is 5.69 Å². The molecule has 0 saturated carbocycles. The first-order valence-electron chi connectivity index (χ1n) is 27.9. The van der Waals surface area contributed by atoms with Crippen molar-refractivity contribution in [1.29, 1.82) is 0 Å². The van der Waals surface area contributed by atoms with Crippen molar-refractivity contribution in [3.05, 3.63) is 349 Å². The molecule has 0 aliphatic rings. The van der Waals surface area contributed by atoms with Gasteiger partial charge in [-0.25, -0.2) is 13.6 Å². The van der Waals surface area contributed by atoms with Gasteiger partial charge in [0.15, 0.2) is 5.69 Å². The van der Waals surface area contributed by atoms with Crippen molar-refractivity contribution in [1.82, 2.24) is 24.9 Å². The van der Waals surface area contributed by atoms with E-state index >= 15 is 0 Å². The molecule has 0 amide bonds. The molecular formula is C78H55F4Ir5N6-5. The zero-order chi connectivity index (χ0) is 61.6. The molecule has 15 heteroatoms. The molecule has 5 aromatic heterocycles. The van der Waals surface area contributed by atoms with Gasteiger partial charge in [0.25, 0.3) is 0 Å². The number of hydrogen-bond acceptors (Lipinski definition) is 5. The van der Waals surface area contributed by atoms with Gasteiger partial charge in [0.1, 0.15) is 5.82 Å². The maximum absolute atomic E-state index is 13.5. The van der Waals surface area contributed by atoms with E-state index in [1.165, 1.54) is 70.4 Å². The SMILES string of the molecule is Cc1ccc(-c2[c-]ccc(-c3ccccc3)c2)nc1.Cc1ccc(F)nc1-c1[c-]cccc1F.Cc1cnc(-c2[c-]c(F)ccc2)c(F)c1.[C-]#[N+]c1ccc(-c2cc[c-]c(-c3ccc(C)cn3)c2)cc1.[Ir].[Ir].[Ir].[Ir].[Ir].[c-]1ccc(-c2ccccc2)cc1-c1ccccn1. The van der Waals surface area contributed by atoms with Crippen LogP contribution in [0.3, 0.4) is 0 Å². The number of halogens is 4. The fourth-order valence-electron chi connectivity index (χ4n) is 8.81. The molecule has 0 bridgehead atoms. The van der Waals surface area contributed by atoms with Crippen LogP contribution < -0.4 is 0 Å². The maximum Gasteiger partial charge on any atom is 0.204 e. The van der Waals surface area contributed by atoms with E-state index in [1.807, 2.05) is 135 Å². The third-order valence-corrected chi connectivity index (χ3v) is 13.4. The number of hydrogen-bond donors (Lipinski definition) is 0. The van der Waals surface area contributed by atoms with Crippen LogP contribution in [0.2, 0.25) is 0 Å². The number of aryl methyl sites for hydroxylation is 4. The molecule has 0 atom stereocenters. The van der Waals surface area contributed by atoms with Crippen LogP contribution in [0.15, 0.2) is 261 Å². The molecule has 475 valence electrons. The molecule has 5 radical (unpaired) electrons. The fourth-order valence-corrected chi connectivity index (χ4v) is 8.81. The second-order valence-corrected chi connectivity index (χ2v) is 20.0. The predicted octanol–water partition coefficient (Wildman–Crippen LogP) is 20.1. The number of rotatable bonds is 8. The van der Waals surface area contributed by atoms with Crippen molar-refractivity contribution in [2.75, 3.05) is 0 Å². The van der Waals surface area contributed by atoms with Crippen molar-refractivity contribution in [3.63, 3.8) is 0 Å². The summed E-state index contributed by atoms with van der Waals surface area (Å²) >= 11 is 0. The van der Waals surface area contributed by atoms with Crippen LogP contribution in [-0.2, 0) is 101 Å². The number of aromatic nitrogens is 5.